The molecule has 29 heavy (non-hydrogen) atoms. The van der Waals surface area contributed by atoms with E-state index in [9.17, 15) is 4.79 Å². The largest absolute Gasteiger partial charge is 0.468 e. The van der Waals surface area contributed by atoms with E-state index in [4.69, 9.17) is 9.15 Å². The van der Waals surface area contributed by atoms with Crippen LogP contribution >= 0.6 is 0 Å². The van der Waals surface area contributed by atoms with Gasteiger partial charge in [0.15, 0.2) is 0 Å². The molecule has 5 nitrogen and oxygen atoms in total. The van der Waals surface area contributed by atoms with Crippen molar-refractivity contribution in [2.75, 3.05) is 39.9 Å². The highest BCUT2D eigenvalue weighted by molar-refractivity contribution is 5.77. The number of ether oxygens (including phenoxy) is 1. The van der Waals surface area contributed by atoms with Gasteiger partial charge in [0.1, 0.15) is 12.4 Å². The molecule has 0 aliphatic carbocycles. The molecule has 1 aromatic heterocycles. The van der Waals surface area contributed by atoms with Gasteiger partial charge < -0.3 is 14.1 Å². The van der Waals surface area contributed by atoms with Gasteiger partial charge in [-0.1, -0.05) is 38.1 Å². The Balaban J connectivity index is 1.81. The van der Waals surface area contributed by atoms with Crippen molar-refractivity contribution < 1.29 is 13.9 Å². The minimum atomic E-state index is 0.0780. The molecule has 1 aromatic carbocycles. The summed E-state index contributed by atoms with van der Waals surface area (Å²) in [5.41, 5.74) is 2.71. The molecule has 2 unspecified atom stereocenters. The lowest BCUT2D eigenvalue weighted by molar-refractivity contribution is -0.136. The van der Waals surface area contributed by atoms with Gasteiger partial charge in [0.25, 0.3) is 0 Å². The third-order valence-corrected chi connectivity index (χ3v) is 5.73. The Bertz CT molecular complexity index is 772. The lowest BCUT2D eigenvalue weighted by Crippen LogP contribution is -2.41. The fourth-order valence-corrected chi connectivity index (χ4v) is 4.47. The number of aryl methyl sites for hydroxylation is 1. The van der Waals surface area contributed by atoms with E-state index in [2.05, 4.69) is 49.9 Å². The third-order valence-electron chi connectivity index (χ3n) is 5.73. The summed E-state index contributed by atoms with van der Waals surface area (Å²) in [6.07, 6.45) is 1.73. The van der Waals surface area contributed by atoms with Gasteiger partial charge >= 0.3 is 0 Å². The number of benzene rings is 1. The predicted molar refractivity (Wildman–Crippen MR) is 115 cm³/mol. The van der Waals surface area contributed by atoms with E-state index >= 15 is 0 Å². The summed E-state index contributed by atoms with van der Waals surface area (Å²) in [6, 6.07) is 12.6. The summed E-state index contributed by atoms with van der Waals surface area (Å²) in [7, 11) is 1.59. The van der Waals surface area contributed by atoms with Gasteiger partial charge in [-0.15, -0.1) is 0 Å². The summed E-state index contributed by atoms with van der Waals surface area (Å²) in [4.78, 5) is 17.1. The van der Waals surface area contributed by atoms with E-state index < -0.39 is 0 Å². The summed E-state index contributed by atoms with van der Waals surface area (Å²) < 4.78 is 10.7. The van der Waals surface area contributed by atoms with E-state index in [1.165, 1.54) is 11.1 Å². The maximum absolute atomic E-state index is 12.7. The highest BCUT2D eigenvalue weighted by atomic mass is 16.5. The molecule has 0 radical (unpaired) electrons. The second kappa shape index (κ2) is 10.1. The van der Waals surface area contributed by atoms with Crippen molar-refractivity contribution in [3.63, 3.8) is 0 Å². The highest BCUT2D eigenvalue weighted by Crippen LogP contribution is 2.35. The monoisotopic (exact) mass is 398 g/mol. The minimum absolute atomic E-state index is 0.0780. The van der Waals surface area contributed by atoms with Crippen molar-refractivity contribution in [3.05, 3.63) is 59.5 Å². The van der Waals surface area contributed by atoms with Crippen LogP contribution in [0.1, 0.15) is 36.7 Å². The molecule has 0 bridgehead atoms. The first-order chi connectivity index (χ1) is 14.0. The van der Waals surface area contributed by atoms with E-state index in [0.717, 1.165) is 38.5 Å². The van der Waals surface area contributed by atoms with Gasteiger partial charge in [0.2, 0.25) is 5.91 Å². The van der Waals surface area contributed by atoms with Gasteiger partial charge in [-0.25, -0.2) is 0 Å². The Hall–Kier alpha value is -2.11. The Morgan fingerprint density at radius 2 is 2.03 bits per heavy atom. The normalized spacial score (nSPS) is 19.8. The molecule has 3 rings (SSSR count). The standard InChI is InChI=1S/C24H34N2O3/c1-18(2)12-26(24(27)17-28-4)14-20-13-25(15-21-9-7-11-29-21)16-23(20)22-10-6-5-8-19(22)3/h5-11,18,20,23H,12-17H2,1-4H3. The maximum Gasteiger partial charge on any atom is 0.248 e. The molecule has 158 valence electrons. The minimum Gasteiger partial charge on any atom is -0.468 e. The van der Waals surface area contributed by atoms with Crippen molar-refractivity contribution in [1.82, 2.24) is 9.80 Å². The summed E-state index contributed by atoms with van der Waals surface area (Å²) in [5.74, 6) is 2.27. The number of methoxy groups -OCH3 is 1. The van der Waals surface area contributed by atoms with Crippen LogP contribution in [0.15, 0.2) is 47.1 Å². The average molecular weight is 399 g/mol. The number of nitrogens with zero attached hydrogens (tertiary/aromatic N) is 2. The van der Waals surface area contributed by atoms with E-state index in [1.54, 1.807) is 13.4 Å². The highest BCUT2D eigenvalue weighted by Gasteiger charge is 2.36. The van der Waals surface area contributed by atoms with Crippen LogP contribution in [0, 0.1) is 18.8 Å². The fraction of sp³-hybridized carbons (Fsp3) is 0.542. The molecule has 1 aliphatic rings. The first kappa shape index (κ1) is 21.6. The van der Waals surface area contributed by atoms with Crippen molar-refractivity contribution in [2.24, 2.45) is 11.8 Å². The van der Waals surface area contributed by atoms with Crippen LogP contribution < -0.4 is 0 Å². The van der Waals surface area contributed by atoms with Crippen molar-refractivity contribution in [1.29, 1.82) is 0 Å². The maximum atomic E-state index is 12.7. The van der Waals surface area contributed by atoms with Crippen LogP contribution in [-0.4, -0.2) is 55.6 Å². The topological polar surface area (TPSA) is 45.9 Å². The molecular weight excluding hydrogens is 364 g/mol. The zero-order valence-corrected chi connectivity index (χ0v) is 18.1. The lowest BCUT2D eigenvalue weighted by Gasteiger charge is -2.30. The van der Waals surface area contributed by atoms with Crippen LogP contribution in [-0.2, 0) is 16.1 Å². The second-order valence-electron chi connectivity index (χ2n) is 8.62. The Kier molecular flexibility index (Phi) is 7.51. The Labute approximate surface area is 174 Å². The summed E-state index contributed by atoms with van der Waals surface area (Å²) >= 11 is 0. The van der Waals surface area contributed by atoms with Crippen molar-refractivity contribution in [3.8, 4) is 0 Å². The van der Waals surface area contributed by atoms with Crippen LogP contribution in [0.5, 0.6) is 0 Å². The number of amides is 1. The molecule has 5 heteroatoms. The number of likely N-dealkylation sites (tertiary alicyclic amines) is 1. The molecule has 2 atom stereocenters. The van der Waals surface area contributed by atoms with Crippen LogP contribution in [0.3, 0.4) is 0 Å². The first-order valence-electron chi connectivity index (χ1n) is 10.5. The molecule has 0 saturated carbocycles. The first-order valence-corrected chi connectivity index (χ1v) is 10.5. The number of furan rings is 1. The number of hydrogen-bond donors (Lipinski definition) is 0. The third kappa shape index (κ3) is 5.71. The van der Waals surface area contributed by atoms with Crippen LogP contribution in [0.4, 0.5) is 0 Å². The molecule has 0 N–H and O–H groups in total. The van der Waals surface area contributed by atoms with Gasteiger partial charge in [0, 0.05) is 39.2 Å². The van der Waals surface area contributed by atoms with Gasteiger partial charge in [-0.3, -0.25) is 9.69 Å². The Morgan fingerprint density at radius 1 is 1.24 bits per heavy atom. The summed E-state index contributed by atoms with van der Waals surface area (Å²) in [5, 5.41) is 0. The van der Waals surface area contributed by atoms with Gasteiger partial charge in [-0.2, -0.15) is 0 Å². The van der Waals surface area contributed by atoms with Crippen molar-refractivity contribution in [2.45, 2.75) is 33.2 Å². The average Bonchev–Trinajstić information content (AvgIpc) is 3.32. The molecule has 2 heterocycles. The van der Waals surface area contributed by atoms with Crippen LogP contribution in [0.25, 0.3) is 0 Å². The van der Waals surface area contributed by atoms with E-state index in [0.29, 0.717) is 17.8 Å². The molecule has 0 spiro atoms. The second-order valence-corrected chi connectivity index (χ2v) is 8.62. The predicted octanol–water partition coefficient (Wildman–Crippen LogP) is 3.93. The number of carbonyl (C=O) groups excluding carboxylic acids is 1. The van der Waals surface area contributed by atoms with Gasteiger partial charge in [-0.05, 0) is 42.0 Å². The number of carbonyl (C=O) groups is 1. The smallest absolute Gasteiger partial charge is 0.248 e. The fourth-order valence-electron chi connectivity index (χ4n) is 4.47. The van der Waals surface area contributed by atoms with Gasteiger partial charge in [0.05, 0.1) is 12.8 Å². The summed E-state index contributed by atoms with van der Waals surface area (Å²) in [6.45, 7) is 10.9. The molecule has 1 amide bonds. The van der Waals surface area contributed by atoms with Crippen molar-refractivity contribution >= 4 is 5.91 Å². The molecule has 1 aliphatic heterocycles. The van der Waals surface area contributed by atoms with E-state index in [-0.39, 0.29) is 12.5 Å². The molecule has 1 fully saturated rings. The van der Waals surface area contributed by atoms with E-state index in [1.807, 2.05) is 17.0 Å². The SMILES string of the molecule is COCC(=O)N(CC(C)C)CC1CN(Cc2ccco2)CC1c1ccccc1C. The lowest BCUT2D eigenvalue weighted by atomic mass is 9.86. The number of hydrogen-bond acceptors (Lipinski definition) is 4. The zero-order chi connectivity index (χ0) is 20.8. The zero-order valence-electron chi connectivity index (χ0n) is 18.1. The Morgan fingerprint density at radius 3 is 2.69 bits per heavy atom. The quantitative estimate of drug-likeness (QED) is 0.642. The number of rotatable bonds is 9. The molecule has 1 saturated heterocycles. The molecular formula is C24H34N2O3. The molecule has 2 aromatic rings. The van der Waals surface area contributed by atoms with Crippen LogP contribution in [0.2, 0.25) is 0 Å².